The zero-order chi connectivity index (χ0) is 5.11. The summed E-state index contributed by atoms with van der Waals surface area (Å²) in [6.45, 7) is 1.47. The molecule has 0 fully saturated rings. The molecule has 0 spiro atoms. The fourth-order valence-corrected chi connectivity index (χ4v) is 0.333. The van der Waals surface area contributed by atoms with E-state index in [0.29, 0.717) is 0 Å². The van der Waals surface area contributed by atoms with Gasteiger partial charge in [-0.05, 0) is 0 Å². The monoisotopic (exact) mass is 97.0 g/mol. The summed E-state index contributed by atoms with van der Waals surface area (Å²) >= 11 is 0. The highest BCUT2D eigenvalue weighted by atomic mass is 16.1. The van der Waals surface area contributed by atoms with Crippen molar-refractivity contribution in [3.05, 3.63) is 18.9 Å². The molecule has 1 radical (unpaired) electrons. The van der Waals surface area contributed by atoms with Crippen LogP contribution < -0.4 is 10.6 Å². The van der Waals surface area contributed by atoms with E-state index < -0.39 is 0 Å². The molecule has 3 heteroatoms. The lowest BCUT2D eigenvalue weighted by molar-refractivity contribution is -0.116. The Morgan fingerprint density at radius 2 is 2.43 bits per heavy atom. The molecule has 0 aromatic rings. The first-order chi connectivity index (χ1) is 3.39. The zero-order valence-electron chi connectivity index (χ0n) is 3.64. The second-order valence-corrected chi connectivity index (χ2v) is 1.15. The van der Waals surface area contributed by atoms with E-state index in [1.807, 2.05) is 0 Å². The molecule has 1 heterocycles. The van der Waals surface area contributed by atoms with E-state index in [1.54, 1.807) is 6.20 Å². The van der Waals surface area contributed by atoms with Gasteiger partial charge >= 0.3 is 0 Å². The molecule has 0 saturated carbocycles. The number of amides is 1. The predicted molar refractivity (Wildman–Crippen MR) is 24.7 cm³/mol. The Morgan fingerprint density at radius 1 is 1.57 bits per heavy atom. The largest absolute Gasteiger partial charge is 0.368 e. The van der Waals surface area contributed by atoms with Crippen LogP contribution >= 0.6 is 0 Å². The minimum atomic E-state index is -0.0845. The van der Waals surface area contributed by atoms with E-state index >= 15 is 0 Å². The van der Waals surface area contributed by atoms with Gasteiger partial charge in [-0.1, -0.05) is 0 Å². The maximum atomic E-state index is 10.2. The van der Waals surface area contributed by atoms with E-state index in [1.165, 1.54) is 12.7 Å². The molecule has 1 aliphatic heterocycles. The van der Waals surface area contributed by atoms with Gasteiger partial charge in [0.15, 0.2) is 0 Å². The van der Waals surface area contributed by atoms with Crippen LogP contribution in [0.4, 0.5) is 0 Å². The third kappa shape index (κ3) is 0.924. The van der Waals surface area contributed by atoms with Crippen molar-refractivity contribution in [2.75, 3.05) is 0 Å². The molecule has 0 unspecified atom stereocenters. The first-order valence-electron chi connectivity index (χ1n) is 1.94. The summed E-state index contributed by atoms with van der Waals surface area (Å²) in [5.74, 6) is -0.0845. The number of hydrogen-bond donors (Lipinski definition) is 2. The molecule has 3 nitrogen and oxygen atoms in total. The van der Waals surface area contributed by atoms with Crippen molar-refractivity contribution in [3.63, 3.8) is 0 Å². The molecule has 0 aromatic heterocycles. The normalized spacial score (nSPS) is 18.0. The lowest BCUT2D eigenvalue weighted by Gasteiger charge is -2.04. The van der Waals surface area contributed by atoms with Gasteiger partial charge in [-0.2, -0.15) is 0 Å². The Labute approximate surface area is 41.4 Å². The highest BCUT2D eigenvalue weighted by Crippen LogP contribution is 1.76. The summed E-state index contributed by atoms with van der Waals surface area (Å²) in [4.78, 5) is 10.2. The quantitative estimate of drug-likeness (QED) is 0.421. The summed E-state index contributed by atoms with van der Waals surface area (Å²) in [5.41, 5.74) is 0. The van der Waals surface area contributed by atoms with Crippen molar-refractivity contribution in [2.45, 2.75) is 0 Å². The first kappa shape index (κ1) is 4.18. The van der Waals surface area contributed by atoms with Crippen LogP contribution in [0, 0.1) is 6.67 Å². The molecule has 0 bridgehead atoms. The molecular weight excluding hydrogens is 92.1 g/mol. The molecule has 2 N–H and O–H groups in total. The van der Waals surface area contributed by atoms with Crippen LogP contribution in [0.3, 0.4) is 0 Å². The highest BCUT2D eigenvalue weighted by Gasteiger charge is 1.95. The Balaban J connectivity index is 2.51. The number of rotatable bonds is 0. The molecule has 1 amide bonds. The molecule has 37 valence electrons. The second-order valence-electron chi connectivity index (χ2n) is 1.15. The molecular formula is C4H5N2O. The van der Waals surface area contributed by atoms with Crippen molar-refractivity contribution in [3.8, 4) is 0 Å². The molecule has 0 atom stereocenters. The highest BCUT2D eigenvalue weighted by molar-refractivity contribution is 5.88. The maximum Gasteiger partial charge on any atom is 0.247 e. The zero-order valence-corrected chi connectivity index (χ0v) is 3.64. The van der Waals surface area contributed by atoms with E-state index in [0.717, 1.165) is 0 Å². The Hall–Kier alpha value is -0.990. The third-order valence-electron chi connectivity index (χ3n) is 0.629. The van der Waals surface area contributed by atoms with Gasteiger partial charge in [-0.3, -0.25) is 4.79 Å². The SMILES string of the molecule is O=C1C=CN[CH]N1. The van der Waals surface area contributed by atoms with Crippen LogP contribution in [0.2, 0.25) is 0 Å². The number of carbonyl (C=O) groups excluding carboxylic acids is 1. The Kier molecular flexibility index (Phi) is 0.978. The maximum absolute atomic E-state index is 10.2. The van der Waals surface area contributed by atoms with Crippen molar-refractivity contribution >= 4 is 5.91 Å². The van der Waals surface area contributed by atoms with Gasteiger partial charge in [0.2, 0.25) is 5.91 Å². The fourth-order valence-electron chi connectivity index (χ4n) is 0.333. The van der Waals surface area contributed by atoms with Gasteiger partial charge in [0.1, 0.15) is 6.67 Å². The van der Waals surface area contributed by atoms with E-state index in [2.05, 4.69) is 10.6 Å². The fraction of sp³-hybridized carbons (Fsp3) is 0. The smallest absolute Gasteiger partial charge is 0.247 e. The summed E-state index contributed by atoms with van der Waals surface area (Å²) in [6.07, 6.45) is 2.98. The van der Waals surface area contributed by atoms with Gasteiger partial charge in [0, 0.05) is 12.3 Å². The van der Waals surface area contributed by atoms with Crippen molar-refractivity contribution in [1.29, 1.82) is 0 Å². The lowest BCUT2D eigenvalue weighted by atomic mass is 10.5. The van der Waals surface area contributed by atoms with Crippen molar-refractivity contribution < 1.29 is 4.79 Å². The van der Waals surface area contributed by atoms with Gasteiger partial charge in [0.25, 0.3) is 0 Å². The molecule has 1 rings (SSSR count). The van der Waals surface area contributed by atoms with Gasteiger partial charge in [-0.15, -0.1) is 0 Å². The number of carbonyl (C=O) groups is 1. The Bertz CT molecular complexity index is 108. The van der Waals surface area contributed by atoms with Crippen LogP contribution in [0.1, 0.15) is 0 Å². The van der Waals surface area contributed by atoms with Crippen LogP contribution in [0.25, 0.3) is 0 Å². The average Bonchev–Trinajstić information content (AvgIpc) is 1.69. The standard InChI is InChI=1S/C4H5N2O/c7-4-1-2-5-3-6-4/h1-3,5H,(H,6,7). The summed E-state index contributed by atoms with van der Waals surface area (Å²) < 4.78 is 0. The van der Waals surface area contributed by atoms with Gasteiger partial charge in [-0.25, -0.2) is 0 Å². The second kappa shape index (κ2) is 1.64. The third-order valence-corrected chi connectivity index (χ3v) is 0.629. The first-order valence-corrected chi connectivity index (χ1v) is 1.94. The summed E-state index contributed by atoms with van der Waals surface area (Å²) in [6, 6.07) is 0. The summed E-state index contributed by atoms with van der Waals surface area (Å²) in [5, 5.41) is 5.10. The number of nitrogens with one attached hydrogen (secondary N) is 2. The van der Waals surface area contributed by atoms with E-state index in [4.69, 9.17) is 0 Å². The van der Waals surface area contributed by atoms with E-state index in [-0.39, 0.29) is 5.91 Å². The minimum absolute atomic E-state index is 0.0845. The lowest BCUT2D eigenvalue weighted by Crippen LogP contribution is -2.28. The number of hydrogen-bond acceptors (Lipinski definition) is 2. The van der Waals surface area contributed by atoms with Crippen molar-refractivity contribution in [2.24, 2.45) is 0 Å². The molecule has 7 heavy (non-hydrogen) atoms. The molecule has 0 aromatic carbocycles. The average molecular weight is 97.1 g/mol. The molecule has 0 saturated heterocycles. The molecule has 0 aliphatic carbocycles. The topological polar surface area (TPSA) is 41.1 Å². The molecule has 1 aliphatic rings. The Morgan fingerprint density at radius 3 is 2.71 bits per heavy atom. The summed E-state index contributed by atoms with van der Waals surface area (Å²) in [7, 11) is 0. The van der Waals surface area contributed by atoms with Gasteiger partial charge < -0.3 is 10.6 Å². The van der Waals surface area contributed by atoms with Crippen LogP contribution in [0.15, 0.2) is 12.3 Å². The minimum Gasteiger partial charge on any atom is -0.368 e. The van der Waals surface area contributed by atoms with Crippen LogP contribution in [0.5, 0.6) is 0 Å². The van der Waals surface area contributed by atoms with Gasteiger partial charge in [0.05, 0.1) is 0 Å². The van der Waals surface area contributed by atoms with Crippen LogP contribution in [-0.4, -0.2) is 5.91 Å². The van der Waals surface area contributed by atoms with Crippen molar-refractivity contribution in [1.82, 2.24) is 10.6 Å². The van der Waals surface area contributed by atoms with Crippen LogP contribution in [-0.2, 0) is 4.79 Å². The van der Waals surface area contributed by atoms with E-state index in [9.17, 15) is 4.79 Å². The predicted octanol–water partition coefficient (Wildman–Crippen LogP) is -0.661.